The van der Waals surface area contributed by atoms with Gasteiger partial charge in [-0.1, -0.05) is 11.2 Å². The fourth-order valence-corrected chi connectivity index (χ4v) is 2.98. The van der Waals surface area contributed by atoms with Crippen LogP contribution in [0.15, 0.2) is 40.2 Å². The minimum atomic E-state index is 0.241. The molecule has 3 aromatic rings. The number of anilines is 1. The summed E-state index contributed by atoms with van der Waals surface area (Å²) in [6.07, 6.45) is 0. The van der Waals surface area contributed by atoms with Gasteiger partial charge in [0, 0.05) is 11.8 Å². The summed E-state index contributed by atoms with van der Waals surface area (Å²) in [5, 5.41) is 12.5. The van der Waals surface area contributed by atoms with Crippen molar-refractivity contribution in [3.8, 4) is 22.2 Å². The van der Waals surface area contributed by atoms with Crippen LogP contribution in [-0.2, 0) is 6.54 Å². The first-order valence-corrected chi connectivity index (χ1v) is 8.38. The summed E-state index contributed by atoms with van der Waals surface area (Å²) in [6.45, 7) is 0.583. The van der Waals surface area contributed by atoms with Crippen molar-refractivity contribution < 1.29 is 14.0 Å². The molecule has 24 heavy (non-hydrogen) atoms. The van der Waals surface area contributed by atoms with Gasteiger partial charge in [0.1, 0.15) is 0 Å². The highest BCUT2D eigenvalue weighted by molar-refractivity contribution is 7.80. The van der Waals surface area contributed by atoms with Crippen LogP contribution in [0.1, 0.15) is 5.89 Å². The molecule has 122 valence electrons. The van der Waals surface area contributed by atoms with E-state index >= 15 is 0 Å². The van der Waals surface area contributed by atoms with Crippen LogP contribution in [0.2, 0.25) is 0 Å². The Morgan fingerprint density at radius 2 is 2.17 bits per heavy atom. The molecule has 1 aliphatic heterocycles. The van der Waals surface area contributed by atoms with E-state index in [1.165, 1.54) is 0 Å². The molecule has 1 aliphatic rings. The van der Waals surface area contributed by atoms with Gasteiger partial charge in [0.05, 0.1) is 11.4 Å². The number of rotatable bonds is 4. The topological polar surface area (TPSA) is 81.4 Å². The molecule has 3 heterocycles. The van der Waals surface area contributed by atoms with Crippen molar-refractivity contribution in [2.24, 2.45) is 0 Å². The maximum Gasteiger partial charge on any atom is 0.246 e. The summed E-state index contributed by atoms with van der Waals surface area (Å²) in [4.78, 5) is 5.29. The minimum absolute atomic E-state index is 0.241. The Morgan fingerprint density at radius 3 is 3.04 bits per heavy atom. The average molecular weight is 360 g/mol. The lowest BCUT2D eigenvalue weighted by molar-refractivity contribution is 0.174. The van der Waals surface area contributed by atoms with Crippen molar-refractivity contribution in [2.75, 3.05) is 12.1 Å². The summed E-state index contributed by atoms with van der Waals surface area (Å²) in [7, 11) is 0. The average Bonchev–Trinajstić information content (AvgIpc) is 3.32. The predicted octanol–water partition coefficient (Wildman–Crippen LogP) is 3.01. The van der Waals surface area contributed by atoms with Crippen LogP contribution in [0.3, 0.4) is 0 Å². The van der Waals surface area contributed by atoms with E-state index in [9.17, 15) is 0 Å². The Balaban J connectivity index is 1.33. The number of benzene rings is 1. The SMILES string of the molecule is S=C(NCc1nc(-c2cccs2)no1)Nc1ccc2c(c1)OCO2. The molecule has 0 bridgehead atoms. The molecule has 0 saturated heterocycles. The van der Waals surface area contributed by atoms with E-state index in [1.807, 2.05) is 35.7 Å². The first-order chi connectivity index (χ1) is 11.8. The smallest absolute Gasteiger partial charge is 0.246 e. The van der Waals surface area contributed by atoms with Crippen LogP contribution in [0.4, 0.5) is 5.69 Å². The molecule has 0 amide bonds. The van der Waals surface area contributed by atoms with Gasteiger partial charge in [-0.25, -0.2) is 0 Å². The first kappa shape index (κ1) is 14.9. The minimum Gasteiger partial charge on any atom is -0.454 e. The van der Waals surface area contributed by atoms with Crippen molar-refractivity contribution in [1.29, 1.82) is 0 Å². The highest BCUT2D eigenvalue weighted by atomic mass is 32.1. The zero-order valence-corrected chi connectivity index (χ0v) is 13.9. The molecule has 7 nitrogen and oxygen atoms in total. The number of aromatic nitrogens is 2. The lowest BCUT2D eigenvalue weighted by Crippen LogP contribution is -2.27. The van der Waals surface area contributed by atoms with E-state index in [4.69, 9.17) is 26.2 Å². The second-order valence-corrected chi connectivity index (χ2v) is 6.22. The van der Waals surface area contributed by atoms with Crippen LogP contribution >= 0.6 is 23.6 Å². The van der Waals surface area contributed by atoms with Crippen molar-refractivity contribution in [2.45, 2.75) is 6.54 Å². The van der Waals surface area contributed by atoms with E-state index in [-0.39, 0.29) is 6.79 Å². The summed E-state index contributed by atoms with van der Waals surface area (Å²) in [5.41, 5.74) is 0.807. The van der Waals surface area contributed by atoms with Gasteiger partial charge in [0.2, 0.25) is 18.5 Å². The van der Waals surface area contributed by atoms with Gasteiger partial charge in [-0.15, -0.1) is 11.3 Å². The van der Waals surface area contributed by atoms with Gasteiger partial charge in [0.15, 0.2) is 16.6 Å². The second kappa shape index (κ2) is 6.46. The number of nitrogens with one attached hydrogen (secondary N) is 2. The molecule has 2 aromatic heterocycles. The number of hydrogen-bond acceptors (Lipinski definition) is 7. The van der Waals surface area contributed by atoms with Gasteiger partial charge in [-0.05, 0) is 35.8 Å². The summed E-state index contributed by atoms with van der Waals surface area (Å²) in [5.74, 6) is 2.47. The van der Waals surface area contributed by atoms with Crippen molar-refractivity contribution in [3.63, 3.8) is 0 Å². The van der Waals surface area contributed by atoms with E-state index in [2.05, 4.69) is 20.8 Å². The third-order valence-corrected chi connectivity index (χ3v) is 4.35. The fourth-order valence-electron chi connectivity index (χ4n) is 2.14. The quantitative estimate of drug-likeness (QED) is 0.687. The largest absolute Gasteiger partial charge is 0.454 e. The van der Waals surface area contributed by atoms with Gasteiger partial charge in [-0.3, -0.25) is 0 Å². The maximum absolute atomic E-state index is 5.33. The van der Waals surface area contributed by atoms with Crippen LogP contribution < -0.4 is 20.1 Å². The number of thiophene rings is 1. The molecule has 2 N–H and O–H groups in total. The Kier molecular flexibility index (Phi) is 4.01. The Hall–Kier alpha value is -2.65. The standard InChI is InChI=1S/C15H12N4O3S2/c23-15(17-9-3-4-10-11(6-9)21-8-20-10)16-7-13-18-14(19-22-13)12-2-1-5-24-12/h1-6H,7-8H2,(H2,16,17,23). The van der Waals surface area contributed by atoms with Crippen molar-refractivity contribution >= 4 is 34.4 Å². The number of thiocarbonyl (C=S) groups is 1. The van der Waals surface area contributed by atoms with Gasteiger partial charge >= 0.3 is 0 Å². The number of nitrogens with zero attached hydrogens (tertiary/aromatic N) is 2. The van der Waals surface area contributed by atoms with Crippen LogP contribution in [0.5, 0.6) is 11.5 Å². The molecule has 0 spiro atoms. The predicted molar refractivity (Wildman–Crippen MR) is 93.2 cm³/mol. The van der Waals surface area contributed by atoms with E-state index in [0.29, 0.717) is 29.1 Å². The summed E-state index contributed by atoms with van der Waals surface area (Å²) < 4.78 is 15.8. The molecular weight excluding hydrogens is 348 g/mol. The molecule has 0 saturated carbocycles. The first-order valence-electron chi connectivity index (χ1n) is 7.09. The Morgan fingerprint density at radius 1 is 1.25 bits per heavy atom. The van der Waals surface area contributed by atoms with Crippen LogP contribution in [0.25, 0.3) is 10.7 Å². The normalized spacial score (nSPS) is 12.2. The highest BCUT2D eigenvalue weighted by Gasteiger charge is 2.14. The van der Waals surface area contributed by atoms with Crippen LogP contribution in [-0.4, -0.2) is 22.0 Å². The fraction of sp³-hybridized carbons (Fsp3) is 0.133. The zero-order chi connectivity index (χ0) is 16.4. The monoisotopic (exact) mass is 360 g/mol. The molecule has 1 aromatic carbocycles. The number of hydrogen-bond donors (Lipinski definition) is 2. The van der Waals surface area contributed by atoms with Crippen molar-refractivity contribution in [1.82, 2.24) is 15.5 Å². The summed E-state index contributed by atoms with van der Waals surface area (Å²) >= 11 is 6.83. The molecule has 0 fully saturated rings. The second-order valence-electron chi connectivity index (χ2n) is 4.86. The molecule has 9 heteroatoms. The zero-order valence-electron chi connectivity index (χ0n) is 12.3. The lowest BCUT2D eigenvalue weighted by Gasteiger charge is -2.09. The maximum atomic E-state index is 5.33. The molecule has 0 unspecified atom stereocenters. The molecular formula is C15H12N4O3S2. The van der Waals surface area contributed by atoms with Gasteiger partial charge < -0.3 is 24.6 Å². The number of ether oxygens (including phenoxy) is 2. The third kappa shape index (κ3) is 3.17. The molecule has 0 radical (unpaired) electrons. The Labute approximate surface area is 146 Å². The van der Waals surface area contributed by atoms with Crippen LogP contribution in [0, 0.1) is 0 Å². The van der Waals surface area contributed by atoms with E-state index in [1.54, 1.807) is 11.3 Å². The summed E-state index contributed by atoms with van der Waals surface area (Å²) in [6, 6.07) is 9.41. The molecule has 0 atom stereocenters. The van der Waals surface area contributed by atoms with E-state index in [0.717, 1.165) is 16.3 Å². The third-order valence-electron chi connectivity index (χ3n) is 3.24. The van der Waals surface area contributed by atoms with Crippen molar-refractivity contribution in [3.05, 3.63) is 41.6 Å². The lowest BCUT2D eigenvalue weighted by atomic mass is 10.3. The van der Waals surface area contributed by atoms with E-state index < -0.39 is 0 Å². The highest BCUT2D eigenvalue weighted by Crippen LogP contribution is 2.34. The van der Waals surface area contributed by atoms with Gasteiger partial charge in [0.25, 0.3) is 0 Å². The molecule has 4 rings (SSSR count). The Bertz CT molecular complexity index is 863. The van der Waals surface area contributed by atoms with Gasteiger partial charge in [-0.2, -0.15) is 4.98 Å². The number of fused-ring (bicyclic) bond motifs is 1. The molecule has 0 aliphatic carbocycles.